The number of carbonyl (C=O) groups excluding carboxylic acids is 1. The molecule has 0 radical (unpaired) electrons. The van der Waals surface area contributed by atoms with E-state index in [9.17, 15) is 4.79 Å². The van der Waals surface area contributed by atoms with Gasteiger partial charge in [0.25, 0.3) is 0 Å². The van der Waals surface area contributed by atoms with Gasteiger partial charge in [0.15, 0.2) is 0 Å². The maximum absolute atomic E-state index is 11.6. The molecule has 0 fully saturated rings. The van der Waals surface area contributed by atoms with E-state index in [0.29, 0.717) is 46.2 Å². The molecule has 6 heteroatoms. The summed E-state index contributed by atoms with van der Waals surface area (Å²) in [6, 6.07) is 9.56. The van der Waals surface area contributed by atoms with E-state index in [-0.39, 0.29) is 11.8 Å². The highest BCUT2D eigenvalue weighted by atomic mass is 16.5. The third-order valence-electron chi connectivity index (χ3n) is 3.42. The molecule has 0 saturated carbocycles. The van der Waals surface area contributed by atoms with Crippen molar-refractivity contribution in [3.63, 3.8) is 0 Å². The van der Waals surface area contributed by atoms with E-state index in [1.165, 1.54) is 0 Å². The first-order valence-electron chi connectivity index (χ1n) is 8.41. The van der Waals surface area contributed by atoms with Crippen LogP contribution in [0, 0.1) is 5.92 Å². The summed E-state index contributed by atoms with van der Waals surface area (Å²) < 4.78 is 16.3. The van der Waals surface area contributed by atoms with E-state index in [1.54, 1.807) is 0 Å². The minimum absolute atomic E-state index is 0.128. The summed E-state index contributed by atoms with van der Waals surface area (Å²) in [5.41, 5.74) is 6.89. The van der Waals surface area contributed by atoms with Crippen LogP contribution in [-0.4, -0.2) is 51.5 Å². The van der Waals surface area contributed by atoms with E-state index in [4.69, 9.17) is 19.9 Å². The highest BCUT2D eigenvalue weighted by molar-refractivity contribution is 5.81. The van der Waals surface area contributed by atoms with Crippen molar-refractivity contribution in [2.24, 2.45) is 11.7 Å². The number of ether oxygens (including phenoxy) is 3. The van der Waals surface area contributed by atoms with Crippen molar-refractivity contribution in [3.8, 4) is 0 Å². The van der Waals surface area contributed by atoms with E-state index >= 15 is 0 Å². The van der Waals surface area contributed by atoms with E-state index in [0.717, 1.165) is 5.56 Å². The molecule has 0 saturated heterocycles. The average molecular weight is 338 g/mol. The standard InChI is InChI=1S/C18H30N2O4/c1-15(2)17(19)18(21)20-8-9-22-10-11-23-12-13-24-14-16-6-4-3-5-7-16/h3-7,15,17H,8-14,19H2,1-2H3,(H,20,21)/t17-/m0/s1. The largest absolute Gasteiger partial charge is 0.377 e. The fraction of sp³-hybridized carbons (Fsp3) is 0.611. The van der Waals surface area contributed by atoms with Crippen molar-refractivity contribution in [2.75, 3.05) is 39.6 Å². The lowest BCUT2D eigenvalue weighted by atomic mass is 10.1. The van der Waals surface area contributed by atoms with Crippen LogP contribution in [0.3, 0.4) is 0 Å². The highest BCUT2D eigenvalue weighted by Gasteiger charge is 2.15. The van der Waals surface area contributed by atoms with Gasteiger partial charge in [-0.3, -0.25) is 4.79 Å². The summed E-state index contributed by atoms with van der Waals surface area (Å²) in [6.07, 6.45) is 0. The van der Waals surface area contributed by atoms with Crippen molar-refractivity contribution in [3.05, 3.63) is 35.9 Å². The molecule has 0 aliphatic carbocycles. The topological polar surface area (TPSA) is 82.8 Å². The summed E-state index contributed by atoms with van der Waals surface area (Å²) in [6.45, 7) is 7.43. The molecule has 0 aliphatic rings. The van der Waals surface area contributed by atoms with Gasteiger partial charge >= 0.3 is 0 Å². The molecule has 1 amide bonds. The molecule has 1 atom stereocenters. The first-order valence-corrected chi connectivity index (χ1v) is 8.41. The zero-order valence-corrected chi connectivity index (χ0v) is 14.7. The fourth-order valence-electron chi connectivity index (χ4n) is 1.87. The van der Waals surface area contributed by atoms with Crippen LogP contribution in [0.5, 0.6) is 0 Å². The number of benzene rings is 1. The smallest absolute Gasteiger partial charge is 0.237 e. The lowest BCUT2D eigenvalue weighted by Gasteiger charge is -2.15. The van der Waals surface area contributed by atoms with Crippen LogP contribution >= 0.6 is 0 Å². The zero-order chi connectivity index (χ0) is 17.6. The van der Waals surface area contributed by atoms with E-state index in [2.05, 4.69) is 5.32 Å². The Labute approximate surface area is 144 Å². The second-order valence-corrected chi connectivity index (χ2v) is 5.82. The van der Waals surface area contributed by atoms with Crippen molar-refractivity contribution < 1.29 is 19.0 Å². The van der Waals surface area contributed by atoms with Gasteiger partial charge in [0.1, 0.15) is 0 Å². The molecule has 1 aromatic rings. The van der Waals surface area contributed by atoms with Gasteiger partial charge in [-0.1, -0.05) is 44.2 Å². The molecule has 0 spiro atoms. The Balaban J connectivity index is 1.85. The number of hydrogen-bond donors (Lipinski definition) is 2. The Morgan fingerprint density at radius 3 is 2.21 bits per heavy atom. The third-order valence-corrected chi connectivity index (χ3v) is 3.42. The Bertz CT molecular complexity index is 440. The summed E-state index contributed by atoms with van der Waals surface area (Å²) in [5.74, 6) is -0.0103. The van der Waals surface area contributed by atoms with Crippen molar-refractivity contribution in [2.45, 2.75) is 26.5 Å². The van der Waals surface area contributed by atoms with Gasteiger partial charge in [-0.25, -0.2) is 0 Å². The summed E-state index contributed by atoms with van der Waals surface area (Å²) in [5, 5.41) is 2.75. The number of nitrogens with two attached hydrogens (primary N) is 1. The Kier molecular flexibility index (Phi) is 11.1. The maximum atomic E-state index is 11.6. The quantitative estimate of drug-likeness (QED) is 0.530. The van der Waals surface area contributed by atoms with Crippen molar-refractivity contribution in [1.82, 2.24) is 5.32 Å². The number of rotatable bonds is 13. The minimum atomic E-state index is -0.468. The van der Waals surface area contributed by atoms with Crippen LogP contribution in [0.25, 0.3) is 0 Å². The van der Waals surface area contributed by atoms with Gasteiger partial charge in [-0.15, -0.1) is 0 Å². The van der Waals surface area contributed by atoms with Gasteiger partial charge in [0.05, 0.1) is 45.7 Å². The third kappa shape index (κ3) is 9.62. The number of amides is 1. The molecule has 1 rings (SSSR count). The van der Waals surface area contributed by atoms with Crippen LogP contribution in [0.15, 0.2) is 30.3 Å². The first kappa shape index (κ1) is 20.6. The zero-order valence-electron chi connectivity index (χ0n) is 14.7. The van der Waals surface area contributed by atoms with E-state index in [1.807, 2.05) is 44.2 Å². The SMILES string of the molecule is CC(C)[C@H](N)C(=O)NCCOCCOCCOCc1ccccc1. The Morgan fingerprint density at radius 1 is 1.00 bits per heavy atom. The van der Waals surface area contributed by atoms with Gasteiger partial charge in [-0.05, 0) is 11.5 Å². The normalized spacial score (nSPS) is 12.3. The lowest BCUT2D eigenvalue weighted by molar-refractivity contribution is -0.123. The molecule has 0 aliphatic heterocycles. The van der Waals surface area contributed by atoms with Gasteiger partial charge < -0.3 is 25.3 Å². The van der Waals surface area contributed by atoms with Crippen LogP contribution in [0.4, 0.5) is 0 Å². The van der Waals surface area contributed by atoms with Crippen molar-refractivity contribution >= 4 is 5.91 Å². The Morgan fingerprint density at radius 2 is 1.58 bits per heavy atom. The lowest BCUT2D eigenvalue weighted by Crippen LogP contribution is -2.44. The van der Waals surface area contributed by atoms with Crippen molar-refractivity contribution in [1.29, 1.82) is 0 Å². The first-order chi connectivity index (χ1) is 11.6. The molecule has 0 bridgehead atoms. The summed E-state index contributed by atoms with van der Waals surface area (Å²) >= 11 is 0. The second kappa shape index (κ2) is 12.9. The predicted octanol–water partition coefficient (Wildman–Crippen LogP) is 1.34. The summed E-state index contributed by atoms with van der Waals surface area (Å²) in [7, 11) is 0. The van der Waals surface area contributed by atoms with Gasteiger partial charge in [0.2, 0.25) is 5.91 Å². The van der Waals surface area contributed by atoms with Crippen LogP contribution in [-0.2, 0) is 25.6 Å². The van der Waals surface area contributed by atoms with Crippen LogP contribution < -0.4 is 11.1 Å². The molecule has 24 heavy (non-hydrogen) atoms. The monoisotopic (exact) mass is 338 g/mol. The van der Waals surface area contributed by atoms with E-state index < -0.39 is 6.04 Å². The number of hydrogen-bond acceptors (Lipinski definition) is 5. The molecule has 0 unspecified atom stereocenters. The van der Waals surface area contributed by atoms with Gasteiger partial charge in [-0.2, -0.15) is 0 Å². The molecular weight excluding hydrogens is 308 g/mol. The van der Waals surface area contributed by atoms with Crippen LogP contribution in [0.2, 0.25) is 0 Å². The average Bonchev–Trinajstić information content (AvgIpc) is 2.59. The molecule has 0 aromatic heterocycles. The molecule has 0 heterocycles. The summed E-state index contributed by atoms with van der Waals surface area (Å²) in [4.78, 5) is 11.6. The molecular formula is C18H30N2O4. The molecule has 136 valence electrons. The fourth-order valence-corrected chi connectivity index (χ4v) is 1.87. The molecule has 6 nitrogen and oxygen atoms in total. The predicted molar refractivity (Wildman–Crippen MR) is 93.6 cm³/mol. The van der Waals surface area contributed by atoms with Gasteiger partial charge in [0, 0.05) is 6.54 Å². The molecule has 1 aromatic carbocycles. The minimum Gasteiger partial charge on any atom is -0.377 e. The maximum Gasteiger partial charge on any atom is 0.237 e. The molecule has 3 N–H and O–H groups in total. The number of carbonyl (C=O) groups is 1. The Hall–Kier alpha value is -1.47. The van der Waals surface area contributed by atoms with Crippen LogP contribution in [0.1, 0.15) is 19.4 Å². The second-order valence-electron chi connectivity index (χ2n) is 5.82. The highest BCUT2D eigenvalue weighted by Crippen LogP contribution is 2.00. The number of nitrogens with one attached hydrogen (secondary N) is 1.